The zero-order valence-corrected chi connectivity index (χ0v) is 27.7. The third kappa shape index (κ3) is 10.2. The lowest BCUT2D eigenvalue weighted by atomic mass is 10.0. The number of nitrogens with zero attached hydrogens (tertiary/aromatic N) is 2. The average Bonchev–Trinajstić information content (AvgIpc) is 3.04. The number of hydrogen-bond acceptors (Lipinski definition) is 5. The largest absolute Gasteiger partial charge is 0.489 e. The predicted octanol–water partition coefficient (Wildman–Crippen LogP) is 5.75. The van der Waals surface area contributed by atoms with Gasteiger partial charge in [0.25, 0.3) is 0 Å². The number of sulfonamides is 1. The van der Waals surface area contributed by atoms with Gasteiger partial charge in [-0.1, -0.05) is 104 Å². The second-order valence-corrected chi connectivity index (χ2v) is 13.8. The Balaban J connectivity index is 1.64. The molecule has 9 heteroatoms. The molecule has 0 radical (unpaired) electrons. The van der Waals surface area contributed by atoms with Crippen molar-refractivity contribution in [2.24, 2.45) is 5.92 Å². The topological polar surface area (TPSA) is 96.0 Å². The van der Waals surface area contributed by atoms with Crippen LogP contribution in [0.4, 0.5) is 5.69 Å². The van der Waals surface area contributed by atoms with Gasteiger partial charge in [0.2, 0.25) is 21.8 Å². The molecule has 4 aromatic rings. The number of benzene rings is 4. The van der Waals surface area contributed by atoms with Crippen LogP contribution < -0.4 is 14.4 Å². The first-order chi connectivity index (χ1) is 22.0. The summed E-state index contributed by atoms with van der Waals surface area (Å²) < 4.78 is 33.2. The van der Waals surface area contributed by atoms with Gasteiger partial charge in [-0.15, -0.1) is 0 Å². The quantitative estimate of drug-likeness (QED) is 0.178. The Bertz CT molecular complexity index is 1680. The average molecular weight is 642 g/mol. The fraction of sp³-hybridized carbons (Fsp3) is 0.297. The highest BCUT2D eigenvalue weighted by atomic mass is 32.2. The van der Waals surface area contributed by atoms with Gasteiger partial charge in [0.05, 0.1) is 11.9 Å². The van der Waals surface area contributed by atoms with Gasteiger partial charge in [0, 0.05) is 19.5 Å². The molecule has 8 nitrogen and oxygen atoms in total. The molecule has 242 valence electrons. The molecule has 4 rings (SSSR count). The molecule has 1 N–H and O–H groups in total. The van der Waals surface area contributed by atoms with Crippen LogP contribution in [0.1, 0.15) is 36.1 Å². The SMILES string of the molecule is Cc1cccc(CN(C(=O)CN(c2ccc(OCc3ccccc3)cc2)S(C)(=O)=O)[C@H](Cc2ccccc2)C(=O)NCC(C)C)c1. The van der Waals surface area contributed by atoms with E-state index >= 15 is 0 Å². The predicted molar refractivity (Wildman–Crippen MR) is 183 cm³/mol. The number of ether oxygens (including phenoxy) is 1. The molecule has 0 aliphatic carbocycles. The van der Waals surface area contributed by atoms with Crippen LogP contribution in [-0.4, -0.2) is 50.5 Å². The van der Waals surface area contributed by atoms with Crippen LogP contribution in [0.3, 0.4) is 0 Å². The summed E-state index contributed by atoms with van der Waals surface area (Å²) in [7, 11) is -3.88. The smallest absolute Gasteiger partial charge is 0.244 e. The van der Waals surface area contributed by atoms with Crippen molar-refractivity contribution in [1.29, 1.82) is 0 Å². The van der Waals surface area contributed by atoms with E-state index in [4.69, 9.17) is 4.74 Å². The first-order valence-electron chi connectivity index (χ1n) is 15.4. The Kier molecular flexibility index (Phi) is 12.0. The molecule has 0 saturated carbocycles. The van der Waals surface area contributed by atoms with Gasteiger partial charge in [0.15, 0.2) is 0 Å². The molecular weight excluding hydrogens is 598 g/mol. The van der Waals surface area contributed by atoms with Crippen LogP contribution in [0.2, 0.25) is 0 Å². The zero-order valence-electron chi connectivity index (χ0n) is 26.9. The van der Waals surface area contributed by atoms with Gasteiger partial charge in [-0.3, -0.25) is 13.9 Å². The Hall–Kier alpha value is -4.63. The maximum Gasteiger partial charge on any atom is 0.244 e. The summed E-state index contributed by atoms with van der Waals surface area (Å²) >= 11 is 0. The third-order valence-corrected chi connectivity index (χ3v) is 8.58. The number of carbonyl (C=O) groups excluding carboxylic acids is 2. The van der Waals surface area contributed by atoms with Crippen molar-refractivity contribution in [3.63, 3.8) is 0 Å². The number of aryl methyl sites for hydroxylation is 1. The van der Waals surface area contributed by atoms with E-state index in [-0.39, 0.29) is 24.8 Å². The van der Waals surface area contributed by atoms with E-state index in [1.54, 1.807) is 24.3 Å². The fourth-order valence-electron chi connectivity index (χ4n) is 5.05. The maximum absolute atomic E-state index is 14.3. The van der Waals surface area contributed by atoms with Crippen LogP contribution >= 0.6 is 0 Å². The number of anilines is 1. The van der Waals surface area contributed by atoms with Crippen molar-refractivity contribution < 1.29 is 22.7 Å². The van der Waals surface area contributed by atoms with E-state index < -0.39 is 28.5 Å². The summed E-state index contributed by atoms with van der Waals surface area (Å²) in [5.41, 5.74) is 4.07. The normalized spacial score (nSPS) is 11.9. The fourth-order valence-corrected chi connectivity index (χ4v) is 5.90. The molecule has 4 aromatic carbocycles. The molecule has 0 heterocycles. The molecule has 46 heavy (non-hydrogen) atoms. The maximum atomic E-state index is 14.3. The Labute approximate surface area is 273 Å². The third-order valence-electron chi connectivity index (χ3n) is 7.44. The lowest BCUT2D eigenvalue weighted by Crippen LogP contribution is -2.53. The highest BCUT2D eigenvalue weighted by Crippen LogP contribution is 2.24. The Morgan fingerprint density at radius 1 is 0.804 bits per heavy atom. The summed E-state index contributed by atoms with van der Waals surface area (Å²) in [6, 6.07) is 32.7. The van der Waals surface area contributed by atoms with Crippen LogP contribution in [0.25, 0.3) is 0 Å². The standard InChI is InChI=1S/C37H43N3O5S/c1-28(2)24-38-37(42)35(23-30-13-7-5-8-14-30)39(25-32-17-11-12-29(3)22-32)36(41)26-40(46(4,43)44)33-18-20-34(21-19-33)45-27-31-15-9-6-10-16-31/h5-22,28,35H,23-27H2,1-4H3,(H,38,42)/t35-/m1/s1. The molecular formula is C37H43N3O5S. The summed E-state index contributed by atoms with van der Waals surface area (Å²) in [6.07, 6.45) is 1.34. The minimum Gasteiger partial charge on any atom is -0.489 e. The van der Waals surface area contributed by atoms with Gasteiger partial charge < -0.3 is 15.0 Å². The van der Waals surface area contributed by atoms with E-state index in [1.165, 1.54) is 4.90 Å². The molecule has 0 aliphatic rings. The molecule has 1 atom stereocenters. The minimum atomic E-state index is -3.88. The summed E-state index contributed by atoms with van der Waals surface area (Å²) in [5.74, 6) is 0.00201. The summed E-state index contributed by atoms with van der Waals surface area (Å²) in [5, 5.41) is 3.00. The van der Waals surface area contributed by atoms with Gasteiger partial charge in [0.1, 0.15) is 24.9 Å². The van der Waals surface area contributed by atoms with Crippen molar-refractivity contribution in [2.45, 2.75) is 46.4 Å². The molecule has 0 aromatic heterocycles. The number of hydrogen-bond donors (Lipinski definition) is 1. The zero-order chi connectivity index (χ0) is 33.1. The lowest BCUT2D eigenvalue weighted by Gasteiger charge is -2.33. The van der Waals surface area contributed by atoms with Crippen molar-refractivity contribution in [2.75, 3.05) is 23.7 Å². The molecule has 0 unspecified atom stereocenters. The number of rotatable bonds is 15. The van der Waals surface area contributed by atoms with E-state index in [0.29, 0.717) is 24.6 Å². The first-order valence-corrected chi connectivity index (χ1v) is 17.3. The Morgan fingerprint density at radius 2 is 1.41 bits per heavy atom. The minimum absolute atomic E-state index is 0.136. The molecule has 0 fully saturated rings. The highest BCUT2D eigenvalue weighted by Gasteiger charge is 2.33. The van der Waals surface area contributed by atoms with Crippen molar-refractivity contribution in [1.82, 2.24) is 10.2 Å². The Morgan fingerprint density at radius 3 is 2.00 bits per heavy atom. The van der Waals surface area contributed by atoms with Crippen molar-refractivity contribution in [3.05, 3.63) is 131 Å². The van der Waals surface area contributed by atoms with Crippen LogP contribution in [-0.2, 0) is 39.2 Å². The van der Waals surface area contributed by atoms with Gasteiger partial charge in [-0.2, -0.15) is 0 Å². The van der Waals surface area contributed by atoms with E-state index in [2.05, 4.69) is 5.32 Å². The first kappa shape index (κ1) is 34.2. The van der Waals surface area contributed by atoms with E-state index in [0.717, 1.165) is 32.8 Å². The monoisotopic (exact) mass is 641 g/mol. The highest BCUT2D eigenvalue weighted by molar-refractivity contribution is 7.92. The van der Waals surface area contributed by atoms with E-state index in [9.17, 15) is 18.0 Å². The summed E-state index contributed by atoms with van der Waals surface area (Å²) in [6.45, 7) is 6.45. The number of nitrogens with one attached hydrogen (secondary N) is 1. The van der Waals surface area contributed by atoms with Gasteiger partial charge in [-0.05, 0) is 53.8 Å². The van der Waals surface area contributed by atoms with E-state index in [1.807, 2.05) is 106 Å². The number of amides is 2. The van der Waals surface area contributed by atoms with Crippen LogP contribution in [0.5, 0.6) is 5.75 Å². The van der Waals surface area contributed by atoms with Crippen molar-refractivity contribution in [3.8, 4) is 5.75 Å². The molecule has 0 bridgehead atoms. The second kappa shape index (κ2) is 16.1. The van der Waals surface area contributed by atoms with Crippen LogP contribution in [0.15, 0.2) is 109 Å². The molecule has 0 spiro atoms. The molecule has 0 saturated heterocycles. The summed E-state index contributed by atoms with van der Waals surface area (Å²) in [4.78, 5) is 29.5. The molecule has 2 amide bonds. The van der Waals surface area contributed by atoms with Crippen molar-refractivity contribution >= 4 is 27.5 Å². The van der Waals surface area contributed by atoms with Crippen LogP contribution in [0, 0.1) is 12.8 Å². The lowest BCUT2D eigenvalue weighted by molar-refractivity contribution is -0.140. The number of carbonyl (C=O) groups is 2. The second-order valence-electron chi connectivity index (χ2n) is 11.9. The van der Waals surface area contributed by atoms with Gasteiger partial charge in [-0.25, -0.2) is 8.42 Å². The van der Waals surface area contributed by atoms with Gasteiger partial charge >= 0.3 is 0 Å². The molecule has 0 aliphatic heterocycles.